The number of methoxy groups -OCH3 is 1. The molecule has 2 fully saturated rings. The molecule has 0 radical (unpaired) electrons. The van der Waals surface area contributed by atoms with Crippen molar-refractivity contribution in [3.8, 4) is 5.75 Å². The maximum absolute atomic E-state index is 14.0. The van der Waals surface area contributed by atoms with Gasteiger partial charge in [-0.2, -0.15) is 17.0 Å². The Morgan fingerprint density at radius 1 is 1.00 bits per heavy atom. The van der Waals surface area contributed by atoms with Crippen molar-refractivity contribution in [2.75, 3.05) is 65.4 Å². The van der Waals surface area contributed by atoms with Gasteiger partial charge in [0.05, 0.1) is 11.8 Å². The molecule has 290 valence electrons. The first kappa shape index (κ1) is 39.5. The number of rotatable bonds is 4. The lowest BCUT2D eigenvalue weighted by atomic mass is 9.70. The molecule has 2 bridgehead atoms. The highest BCUT2D eigenvalue weighted by Crippen LogP contribution is 2.41. The van der Waals surface area contributed by atoms with Gasteiger partial charge in [-0.15, -0.1) is 0 Å². The van der Waals surface area contributed by atoms with Gasteiger partial charge in [-0.05, 0) is 98.2 Å². The normalized spacial score (nSPS) is 26.5. The maximum atomic E-state index is 14.0. The van der Waals surface area contributed by atoms with Crippen LogP contribution in [0.2, 0.25) is 5.02 Å². The average molecular weight is 792 g/mol. The van der Waals surface area contributed by atoms with Crippen LogP contribution in [0.4, 0.5) is 5.69 Å². The Hall–Kier alpha value is -3.21. The summed E-state index contributed by atoms with van der Waals surface area (Å²) in [6, 6.07) is 10.8. The molecule has 53 heavy (non-hydrogen) atoms. The van der Waals surface area contributed by atoms with Gasteiger partial charge >= 0.3 is 0 Å². The van der Waals surface area contributed by atoms with Gasteiger partial charge in [0.2, 0.25) is 15.9 Å². The number of carbonyl (C=O) groups is 2. The van der Waals surface area contributed by atoms with Gasteiger partial charge in [-0.3, -0.25) is 9.59 Å². The number of carbonyl (C=O) groups excluding carboxylic acids is 2. The smallest absolute Gasteiger partial charge is 0.281 e. The molecular weight excluding hydrogens is 742 g/mol. The first-order chi connectivity index (χ1) is 25.3. The standard InChI is InChI=1S/C37H50ClN5O8S2/c1-40(2)53(48,49)43-20-18-41(19-21-43)37(45)35-10-5-4-9-33(50-3)31-15-12-28(31)24-42-17-7-6-8-26-22-30(38)14-11-29(26)25-51-34-16-13-27(23-32(34)42)36(44)39-52(35,46)47/h4,9,11,13-14,16,22-23,28,31,33,35H,5-8,10,12,15,17-21,24-25H2,1-3H3,(H,39,44)/b9-4+/t28-,31+,33-,35-/m0/s1. The van der Waals surface area contributed by atoms with Crippen LogP contribution >= 0.6 is 11.6 Å². The van der Waals surface area contributed by atoms with Crippen LogP contribution in [0.1, 0.15) is 60.0 Å². The number of allylic oxidation sites excluding steroid dienone is 1. The van der Waals surface area contributed by atoms with E-state index in [1.807, 2.05) is 30.4 Å². The molecule has 1 saturated carbocycles. The summed E-state index contributed by atoms with van der Waals surface area (Å²) in [5, 5.41) is -0.901. The van der Waals surface area contributed by atoms with Crippen LogP contribution in [0.15, 0.2) is 48.6 Å². The number of nitrogens with zero attached hydrogens (tertiary/aromatic N) is 4. The molecule has 6 rings (SSSR count). The monoisotopic (exact) mass is 791 g/mol. The number of amides is 2. The topological polar surface area (TPSA) is 146 Å². The van der Waals surface area contributed by atoms with E-state index in [2.05, 4.69) is 9.62 Å². The highest BCUT2D eigenvalue weighted by atomic mass is 35.5. The molecule has 13 nitrogen and oxygen atoms in total. The zero-order valence-electron chi connectivity index (χ0n) is 30.6. The quantitative estimate of drug-likeness (QED) is 0.457. The number of nitrogens with one attached hydrogen (secondary N) is 1. The van der Waals surface area contributed by atoms with Crippen molar-refractivity contribution in [3.63, 3.8) is 0 Å². The van der Waals surface area contributed by atoms with E-state index in [-0.39, 0.29) is 56.6 Å². The van der Waals surface area contributed by atoms with Crippen LogP contribution in [0.3, 0.4) is 0 Å². The van der Waals surface area contributed by atoms with Gasteiger partial charge in [-0.1, -0.05) is 29.8 Å². The fourth-order valence-corrected chi connectivity index (χ4v) is 10.4. The number of aryl methyl sites for hydroxylation is 1. The van der Waals surface area contributed by atoms with Crippen LogP contribution < -0.4 is 14.4 Å². The Kier molecular flexibility index (Phi) is 12.4. The molecule has 2 aromatic carbocycles. The summed E-state index contributed by atoms with van der Waals surface area (Å²) in [7, 11) is -3.68. The minimum absolute atomic E-state index is 0.0225. The average Bonchev–Trinajstić information content (AvgIpc) is 3.14. The second kappa shape index (κ2) is 16.7. The highest BCUT2D eigenvalue weighted by molar-refractivity contribution is 7.91. The summed E-state index contributed by atoms with van der Waals surface area (Å²) in [6.45, 7) is 1.81. The minimum Gasteiger partial charge on any atom is -0.487 e. The molecular formula is C37H50ClN5O8S2. The summed E-state index contributed by atoms with van der Waals surface area (Å²) in [5.41, 5.74) is 3.00. The minimum atomic E-state index is -4.53. The van der Waals surface area contributed by atoms with Gasteiger partial charge < -0.3 is 19.3 Å². The zero-order chi connectivity index (χ0) is 37.9. The number of hydrogen-bond donors (Lipinski definition) is 1. The van der Waals surface area contributed by atoms with Crippen LogP contribution in [-0.4, -0.2) is 114 Å². The Labute approximate surface area is 318 Å². The van der Waals surface area contributed by atoms with Crippen molar-refractivity contribution in [1.82, 2.24) is 18.2 Å². The van der Waals surface area contributed by atoms with Crippen LogP contribution in [0.5, 0.6) is 5.75 Å². The lowest BCUT2D eigenvalue weighted by Crippen LogP contribution is -2.56. The molecule has 1 N–H and O–H groups in total. The van der Waals surface area contributed by atoms with Crippen LogP contribution in [0.25, 0.3) is 0 Å². The third kappa shape index (κ3) is 8.86. The van der Waals surface area contributed by atoms with Crippen molar-refractivity contribution in [2.45, 2.75) is 62.9 Å². The maximum Gasteiger partial charge on any atom is 0.281 e. The van der Waals surface area contributed by atoms with E-state index >= 15 is 0 Å². The molecule has 4 atom stereocenters. The zero-order valence-corrected chi connectivity index (χ0v) is 33.0. The molecule has 4 aliphatic rings. The van der Waals surface area contributed by atoms with E-state index < -0.39 is 37.3 Å². The second-order valence-corrected chi connectivity index (χ2v) is 18.9. The van der Waals surface area contributed by atoms with Crippen LogP contribution in [0, 0.1) is 11.8 Å². The number of benzene rings is 2. The first-order valence-corrected chi connectivity index (χ1v) is 21.6. The molecule has 1 saturated heterocycles. The van der Waals surface area contributed by atoms with Crippen molar-refractivity contribution in [2.24, 2.45) is 11.8 Å². The van der Waals surface area contributed by atoms with E-state index in [9.17, 15) is 26.4 Å². The summed E-state index contributed by atoms with van der Waals surface area (Å²) in [4.78, 5) is 31.4. The predicted octanol–water partition coefficient (Wildman–Crippen LogP) is 3.83. The fourth-order valence-electron chi connectivity index (χ4n) is 7.74. The number of sulfonamides is 1. The molecule has 3 heterocycles. The van der Waals surface area contributed by atoms with Gasteiger partial charge in [0, 0.05) is 71.1 Å². The van der Waals surface area contributed by atoms with Crippen molar-refractivity contribution >= 4 is 49.3 Å². The Balaban J connectivity index is 1.32. The predicted molar refractivity (Wildman–Crippen MR) is 204 cm³/mol. The number of piperazine rings is 1. The van der Waals surface area contributed by atoms with Crippen molar-refractivity contribution in [3.05, 3.63) is 70.3 Å². The molecule has 16 heteroatoms. The number of anilines is 1. The SMILES string of the molecule is CO[C@H]1/C=C/CC[C@@H](C(=O)N2CCN(S(=O)(=O)N(C)C)CC2)S(=O)(=O)NC(=O)c2ccc3c(c2)N(CCCCc2cc(Cl)ccc2CO3)C[C@@H]2CC[C@H]21. The number of hydrogen-bond acceptors (Lipinski definition) is 9. The fraction of sp³-hybridized carbons (Fsp3) is 0.568. The summed E-state index contributed by atoms with van der Waals surface area (Å²) in [6.07, 6.45) is 8.47. The number of ether oxygens (including phenoxy) is 2. The summed E-state index contributed by atoms with van der Waals surface area (Å²) in [5.74, 6) is -0.387. The lowest BCUT2D eigenvalue weighted by molar-refractivity contribution is -0.132. The van der Waals surface area contributed by atoms with Gasteiger partial charge in [0.15, 0.2) is 5.25 Å². The molecule has 0 unspecified atom stereocenters. The second-order valence-electron chi connectivity index (χ2n) is 14.5. The first-order valence-electron chi connectivity index (χ1n) is 18.3. The molecule has 1 aliphatic carbocycles. The molecule has 2 aromatic rings. The Bertz CT molecular complexity index is 1920. The van der Waals surface area contributed by atoms with E-state index in [1.54, 1.807) is 25.3 Å². The molecule has 3 aliphatic heterocycles. The van der Waals surface area contributed by atoms with E-state index in [0.29, 0.717) is 35.5 Å². The summed E-state index contributed by atoms with van der Waals surface area (Å²) >= 11 is 6.35. The van der Waals surface area contributed by atoms with Gasteiger partial charge in [0.1, 0.15) is 12.4 Å². The highest BCUT2D eigenvalue weighted by Gasteiger charge is 2.40. The largest absolute Gasteiger partial charge is 0.487 e. The lowest BCUT2D eigenvalue weighted by Gasteiger charge is -2.43. The van der Waals surface area contributed by atoms with E-state index in [0.717, 1.165) is 54.1 Å². The molecule has 0 aromatic heterocycles. The Morgan fingerprint density at radius 3 is 2.47 bits per heavy atom. The van der Waals surface area contributed by atoms with Crippen LogP contribution in [-0.2, 0) is 42.8 Å². The Morgan fingerprint density at radius 2 is 1.77 bits per heavy atom. The van der Waals surface area contributed by atoms with E-state index in [4.69, 9.17) is 21.1 Å². The van der Waals surface area contributed by atoms with Crippen molar-refractivity contribution in [1.29, 1.82) is 0 Å². The number of fused-ring (bicyclic) bond motifs is 3. The van der Waals surface area contributed by atoms with Gasteiger partial charge in [-0.25, -0.2) is 13.1 Å². The van der Waals surface area contributed by atoms with Crippen molar-refractivity contribution < 1.29 is 35.9 Å². The summed E-state index contributed by atoms with van der Waals surface area (Å²) < 4.78 is 70.3. The third-order valence-corrected chi connectivity index (χ3v) is 14.8. The molecule has 0 spiro atoms. The van der Waals surface area contributed by atoms with E-state index in [1.165, 1.54) is 23.3 Å². The number of halogens is 1. The van der Waals surface area contributed by atoms with Gasteiger partial charge in [0.25, 0.3) is 16.1 Å². The molecule has 2 amide bonds. The third-order valence-electron chi connectivity index (χ3n) is 11.0.